The molecule has 0 radical (unpaired) electrons. The third kappa shape index (κ3) is 3.24. The predicted molar refractivity (Wildman–Crippen MR) is 78.4 cm³/mol. The maximum atomic E-state index is 5.62. The van der Waals surface area contributed by atoms with Gasteiger partial charge in [-0.2, -0.15) is 0 Å². The van der Waals surface area contributed by atoms with Crippen LogP contribution in [-0.4, -0.2) is 20.9 Å². The van der Waals surface area contributed by atoms with Gasteiger partial charge in [-0.1, -0.05) is 42.1 Å². The van der Waals surface area contributed by atoms with Crippen molar-refractivity contribution in [1.29, 1.82) is 0 Å². The molecular formula is C15H13N3OS. The molecule has 3 rings (SSSR count). The molecule has 0 atom stereocenters. The van der Waals surface area contributed by atoms with Crippen LogP contribution in [0.4, 0.5) is 0 Å². The predicted octanol–water partition coefficient (Wildman–Crippen LogP) is 3.47. The molecule has 0 aliphatic rings. The molecule has 0 saturated carbocycles. The van der Waals surface area contributed by atoms with E-state index < -0.39 is 0 Å². The molecule has 4 nitrogen and oxygen atoms in total. The van der Waals surface area contributed by atoms with E-state index >= 15 is 0 Å². The van der Waals surface area contributed by atoms with Gasteiger partial charge in [0, 0.05) is 23.7 Å². The van der Waals surface area contributed by atoms with Crippen molar-refractivity contribution in [2.75, 3.05) is 5.75 Å². The molecule has 0 saturated heterocycles. The Bertz CT molecular complexity index is 655. The lowest BCUT2D eigenvalue weighted by Gasteiger charge is -1.98. The lowest BCUT2D eigenvalue weighted by Crippen LogP contribution is -1.87. The SMILES string of the molecule is c1ccc(CCSc2nnc(-c3ccncc3)o2)cc1. The molecular weight excluding hydrogens is 270 g/mol. The third-order valence-corrected chi connectivity index (χ3v) is 3.61. The van der Waals surface area contributed by atoms with Crippen LogP contribution in [0.25, 0.3) is 11.5 Å². The Labute approximate surface area is 121 Å². The second-order valence-electron chi connectivity index (χ2n) is 4.19. The van der Waals surface area contributed by atoms with E-state index in [1.54, 1.807) is 24.2 Å². The van der Waals surface area contributed by atoms with Gasteiger partial charge in [0.1, 0.15) is 0 Å². The number of hydrogen-bond acceptors (Lipinski definition) is 5. The molecule has 5 heteroatoms. The van der Waals surface area contributed by atoms with E-state index in [1.165, 1.54) is 5.56 Å². The molecule has 2 heterocycles. The molecule has 0 amide bonds. The summed E-state index contributed by atoms with van der Waals surface area (Å²) in [7, 11) is 0. The van der Waals surface area contributed by atoms with Crippen LogP contribution in [0.2, 0.25) is 0 Å². The van der Waals surface area contributed by atoms with Gasteiger partial charge in [0.2, 0.25) is 5.89 Å². The van der Waals surface area contributed by atoms with Gasteiger partial charge in [-0.3, -0.25) is 4.98 Å². The highest BCUT2D eigenvalue weighted by molar-refractivity contribution is 7.99. The van der Waals surface area contributed by atoms with E-state index in [2.05, 4.69) is 27.3 Å². The molecule has 0 N–H and O–H groups in total. The first-order valence-corrected chi connectivity index (χ1v) is 7.31. The van der Waals surface area contributed by atoms with Crippen molar-refractivity contribution in [2.45, 2.75) is 11.6 Å². The maximum absolute atomic E-state index is 5.62. The highest BCUT2D eigenvalue weighted by Gasteiger charge is 2.08. The molecule has 100 valence electrons. The van der Waals surface area contributed by atoms with Crippen molar-refractivity contribution in [3.8, 4) is 11.5 Å². The zero-order chi connectivity index (χ0) is 13.6. The Morgan fingerprint density at radius 1 is 0.950 bits per heavy atom. The lowest BCUT2D eigenvalue weighted by atomic mass is 10.2. The third-order valence-electron chi connectivity index (χ3n) is 2.79. The van der Waals surface area contributed by atoms with Gasteiger partial charge < -0.3 is 4.42 Å². The zero-order valence-electron chi connectivity index (χ0n) is 10.8. The van der Waals surface area contributed by atoms with Crippen molar-refractivity contribution >= 4 is 11.8 Å². The van der Waals surface area contributed by atoms with Crippen LogP contribution in [-0.2, 0) is 6.42 Å². The van der Waals surface area contributed by atoms with Crippen LogP contribution in [0.15, 0.2) is 64.5 Å². The summed E-state index contributed by atoms with van der Waals surface area (Å²) in [4.78, 5) is 3.97. The Morgan fingerprint density at radius 2 is 1.75 bits per heavy atom. The molecule has 20 heavy (non-hydrogen) atoms. The van der Waals surface area contributed by atoms with E-state index in [0.29, 0.717) is 11.1 Å². The Morgan fingerprint density at radius 3 is 2.55 bits per heavy atom. The largest absolute Gasteiger partial charge is 0.411 e. The number of pyridine rings is 1. The number of hydrogen-bond donors (Lipinski definition) is 0. The summed E-state index contributed by atoms with van der Waals surface area (Å²) in [6.45, 7) is 0. The Hall–Kier alpha value is -2.14. The molecule has 0 fully saturated rings. The first-order chi connectivity index (χ1) is 9.92. The summed E-state index contributed by atoms with van der Waals surface area (Å²) >= 11 is 1.57. The fraction of sp³-hybridized carbons (Fsp3) is 0.133. The highest BCUT2D eigenvalue weighted by atomic mass is 32.2. The summed E-state index contributed by atoms with van der Waals surface area (Å²) < 4.78 is 5.62. The maximum Gasteiger partial charge on any atom is 0.276 e. The molecule has 0 aliphatic heterocycles. The van der Waals surface area contributed by atoms with Crippen LogP contribution in [0.5, 0.6) is 0 Å². The first kappa shape index (κ1) is 12.9. The summed E-state index contributed by atoms with van der Waals surface area (Å²) in [5.41, 5.74) is 2.20. The number of aromatic nitrogens is 3. The number of benzene rings is 1. The smallest absolute Gasteiger partial charge is 0.276 e. The summed E-state index contributed by atoms with van der Waals surface area (Å²) in [5, 5.41) is 8.70. The van der Waals surface area contributed by atoms with Crippen molar-refractivity contribution in [3.63, 3.8) is 0 Å². The van der Waals surface area contributed by atoms with Gasteiger partial charge in [-0.25, -0.2) is 0 Å². The topological polar surface area (TPSA) is 51.8 Å². The van der Waals surface area contributed by atoms with Crippen LogP contribution in [0, 0.1) is 0 Å². The van der Waals surface area contributed by atoms with E-state index in [1.807, 2.05) is 30.3 Å². The van der Waals surface area contributed by atoms with E-state index in [4.69, 9.17) is 4.42 Å². The quantitative estimate of drug-likeness (QED) is 0.671. The minimum atomic E-state index is 0.537. The number of nitrogens with zero attached hydrogens (tertiary/aromatic N) is 3. The molecule has 0 unspecified atom stereocenters. The molecule has 0 spiro atoms. The number of thioether (sulfide) groups is 1. The van der Waals surface area contributed by atoms with Crippen LogP contribution >= 0.6 is 11.8 Å². The van der Waals surface area contributed by atoms with Gasteiger partial charge in [-0.05, 0) is 24.1 Å². The second kappa shape index (κ2) is 6.34. The average Bonchev–Trinajstić information content (AvgIpc) is 2.98. The van der Waals surface area contributed by atoms with Crippen LogP contribution < -0.4 is 0 Å². The summed E-state index contributed by atoms with van der Waals surface area (Å²) in [6, 6.07) is 14.1. The van der Waals surface area contributed by atoms with Gasteiger partial charge in [-0.15, -0.1) is 10.2 Å². The molecule has 2 aromatic heterocycles. The summed E-state index contributed by atoms with van der Waals surface area (Å²) in [6.07, 6.45) is 4.40. The number of rotatable bonds is 5. The van der Waals surface area contributed by atoms with E-state index in [0.717, 1.165) is 17.7 Å². The van der Waals surface area contributed by atoms with Crippen molar-refractivity contribution in [3.05, 3.63) is 60.4 Å². The van der Waals surface area contributed by atoms with Gasteiger partial charge >= 0.3 is 0 Å². The summed E-state index contributed by atoms with van der Waals surface area (Å²) in [5.74, 6) is 1.46. The second-order valence-corrected chi connectivity index (χ2v) is 5.24. The van der Waals surface area contributed by atoms with Crippen LogP contribution in [0.1, 0.15) is 5.56 Å². The minimum absolute atomic E-state index is 0.537. The highest BCUT2D eigenvalue weighted by Crippen LogP contribution is 2.23. The number of aryl methyl sites for hydroxylation is 1. The van der Waals surface area contributed by atoms with Crippen molar-refractivity contribution < 1.29 is 4.42 Å². The normalized spacial score (nSPS) is 10.6. The lowest BCUT2D eigenvalue weighted by molar-refractivity contribution is 0.466. The fourth-order valence-corrected chi connectivity index (χ4v) is 2.53. The fourth-order valence-electron chi connectivity index (χ4n) is 1.78. The standard InChI is InChI=1S/C15H13N3OS/c1-2-4-12(5-3-1)8-11-20-15-18-17-14(19-15)13-6-9-16-10-7-13/h1-7,9-10H,8,11H2. The van der Waals surface area contributed by atoms with Gasteiger partial charge in [0.25, 0.3) is 5.22 Å². The van der Waals surface area contributed by atoms with E-state index in [9.17, 15) is 0 Å². The van der Waals surface area contributed by atoms with Gasteiger partial charge in [0.15, 0.2) is 0 Å². The van der Waals surface area contributed by atoms with Crippen molar-refractivity contribution in [2.24, 2.45) is 0 Å². The Kier molecular flexibility index (Phi) is 4.08. The Balaban J connectivity index is 1.58. The van der Waals surface area contributed by atoms with E-state index in [-0.39, 0.29) is 0 Å². The minimum Gasteiger partial charge on any atom is -0.411 e. The first-order valence-electron chi connectivity index (χ1n) is 6.32. The molecule has 1 aromatic carbocycles. The molecule has 0 bridgehead atoms. The molecule has 0 aliphatic carbocycles. The van der Waals surface area contributed by atoms with Crippen LogP contribution in [0.3, 0.4) is 0 Å². The average molecular weight is 283 g/mol. The zero-order valence-corrected chi connectivity index (χ0v) is 11.6. The van der Waals surface area contributed by atoms with Crippen molar-refractivity contribution in [1.82, 2.24) is 15.2 Å². The van der Waals surface area contributed by atoms with Gasteiger partial charge in [0.05, 0.1) is 0 Å². The monoisotopic (exact) mass is 283 g/mol. The molecule has 3 aromatic rings.